The second-order valence-corrected chi connectivity index (χ2v) is 11.3. The highest BCUT2D eigenvalue weighted by Crippen LogP contribution is 2.26. The first-order chi connectivity index (χ1) is 16.3. The first-order valence-corrected chi connectivity index (χ1v) is 13.8. The zero-order chi connectivity index (χ0) is 24.6. The molecule has 1 aliphatic carbocycles. The summed E-state index contributed by atoms with van der Waals surface area (Å²) in [4.78, 5) is 12.9. The Bertz CT molecular complexity index is 1010. The van der Waals surface area contributed by atoms with E-state index in [2.05, 4.69) is 19.2 Å². The van der Waals surface area contributed by atoms with E-state index in [0.29, 0.717) is 37.3 Å². The van der Waals surface area contributed by atoms with Crippen LogP contribution in [0.3, 0.4) is 0 Å². The van der Waals surface area contributed by atoms with Gasteiger partial charge in [0.1, 0.15) is 6.54 Å². The molecule has 1 saturated carbocycles. The minimum atomic E-state index is -3.90. The van der Waals surface area contributed by atoms with E-state index in [4.69, 9.17) is 4.74 Å². The Balaban J connectivity index is 1.65. The van der Waals surface area contributed by atoms with Gasteiger partial charge in [0.25, 0.3) is 10.0 Å². The van der Waals surface area contributed by atoms with Crippen molar-refractivity contribution in [3.05, 3.63) is 59.7 Å². The molecule has 2 aromatic rings. The quantitative estimate of drug-likeness (QED) is 0.445. The van der Waals surface area contributed by atoms with Crippen LogP contribution in [0.4, 0.5) is 5.69 Å². The lowest BCUT2D eigenvalue weighted by atomic mass is 9.98. The van der Waals surface area contributed by atoms with Crippen molar-refractivity contribution in [2.75, 3.05) is 24.0 Å². The number of hydrogen-bond donors (Lipinski definition) is 1. The maximum absolute atomic E-state index is 13.5. The van der Waals surface area contributed by atoms with Crippen molar-refractivity contribution in [2.24, 2.45) is 0 Å². The third-order valence-corrected chi connectivity index (χ3v) is 8.08. The molecule has 0 aromatic heterocycles. The van der Waals surface area contributed by atoms with Gasteiger partial charge in [-0.3, -0.25) is 9.10 Å². The van der Waals surface area contributed by atoms with Crippen molar-refractivity contribution >= 4 is 21.6 Å². The number of ether oxygens (including phenoxy) is 1. The first-order valence-electron chi connectivity index (χ1n) is 12.3. The van der Waals surface area contributed by atoms with Crippen molar-refractivity contribution in [1.29, 1.82) is 0 Å². The maximum atomic E-state index is 13.5. The molecule has 1 fully saturated rings. The maximum Gasteiger partial charge on any atom is 0.264 e. The number of hydrogen-bond acceptors (Lipinski definition) is 4. The van der Waals surface area contributed by atoms with E-state index in [0.717, 1.165) is 24.0 Å². The second-order valence-electron chi connectivity index (χ2n) is 9.41. The molecule has 1 aliphatic rings. The Labute approximate surface area is 204 Å². The summed E-state index contributed by atoms with van der Waals surface area (Å²) in [6, 6.07) is 14.1. The van der Waals surface area contributed by atoms with E-state index in [9.17, 15) is 13.2 Å². The highest BCUT2D eigenvalue weighted by molar-refractivity contribution is 7.92. The third-order valence-electron chi connectivity index (χ3n) is 6.29. The zero-order valence-corrected chi connectivity index (χ0v) is 21.4. The zero-order valence-electron chi connectivity index (χ0n) is 20.6. The fourth-order valence-electron chi connectivity index (χ4n) is 4.15. The molecule has 3 rings (SSSR count). The minimum Gasteiger partial charge on any atom is -0.378 e. The molecule has 186 valence electrons. The highest BCUT2D eigenvalue weighted by atomic mass is 32.2. The summed E-state index contributed by atoms with van der Waals surface area (Å²) in [5, 5.41) is 2.86. The van der Waals surface area contributed by atoms with Crippen LogP contribution in [-0.2, 0) is 19.6 Å². The van der Waals surface area contributed by atoms with Gasteiger partial charge < -0.3 is 10.1 Å². The average Bonchev–Trinajstić information content (AvgIpc) is 2.83. The second kappa shape index (κ2) is 12.4. The van der Waals surface area contributed by atoms with Gasteiger partial charge in [0, 0.05) is 13.2 Å². The molecule has 6 nitrogen and oxygen atoms in total. The lowest BCUT2D eigenvalue weighted by Crippen LogP contribution is -2.41. The molecule has 0 bridgehead atoms. The molecule has 0 heterocycles. The number of nitrogens with zero attached hydrogens (tertiary/aromatic N) is 1. The molecular weight excluding hydrogens is 448 g/mol. The summed E-state index contributed by atoms with van der Waals surface area (Å²) in [7, 11) is -3.90. The summed E-state index contributed by atoms with van der Waals surface area (Å²) in [6.07, 6.45) is 7.03. The Hall–Kier alpha value is -2.38. The molecule has 2 aromatic carbocycles. The van der Waals surface area contributed by atoms with Gasteiger partial charge in [-0.05, 0) is 61.9 Å². The monoisotopic (exact) mass is 486 g/mol. The average molecular weight is 487 g/mol. The number of rotatable bonds is 11. The predicted octanol–water partition coefficient (Wildman–Crippen LogP) is 5.17. The number of anilines is 1. The molecule has 1 N–H and O–H groups in total. The van der Waals surface area contributed by atoms with Crippen molar-refractivity contribution in [2.45, 2.75) is 76.2 Å². The molecule has 34 heavy (non-hydrogen) atoms. The number of carbonyl (C=O) groups excluding carboxylic acids is 1. The summed E-state index contributed by atoms with van der Waals surface area (Å²) in [5.74, 6) is -0.00313. The van der Waals surface area contributed by atoms with Crippen molar-refractivity contribution in [3.8, 4) is 0 Å². The van der Waals surface area contributed by atoms with Crippen LogP contribution in [0.2, 0.25) is 0 Å². The third kappa shape index (κ3) is 7.31. The molecule has 7 heteroatoms. The normalized spacial score (nSPS) is 14.8. The molecule has 0 saturated heterocycles. The SMILES string of the molecule is Cc1ccc(S(=O)(=O)N(CC(=O)NCCCOC2CCCCC2)c2ccc(C(C)C)cc2)cc1. The number of benzene rings is 2. The fraction of sp³-hybridized carbons (Fsp3) is 0.519. The number of amides is 1. The van der Waals surface area contributed by atoms with Crippen LogP contribution < -0.4 is 9.62 Å². The molecule has 0 radical (unpaired) electrons. The number of nitrogens with one attached hydrogen (secondary N) is 1. The van der Waals surface area contributed by atoms with Crippen molar-refractivity contribution < 1.29 is 17.9 Å². The van der Waals surface area contributed by atoms with E-state index in [-0.39, 0.29) is 17.3 Å². The van der Waals surface area contributed by atoms with Gasteiger partial charge in [0.05, 0.1) is 16.7 Å². The molecule has 0 unspecified atom stereocenters. The number of sulfonamides is 1. The van der Waals surface area contributed by atoms with Gasteiger partial charge in [-0.25, -0.2) is 8.42 Å². The van der Waals surface area contributed by atoms with Crippen LogP contribution in [0.5, 0.6) is 0 Å². The van der Waals surface area contributed by atoms with Crippen LogP contribution in [-0.4, -0.2) is 40.1 Å². The molecular formula is C27H38N2O4S. The summed E-state index contributed by atoms with van der Waals surface area (Å²) in [5.41, 5.74) is 2.56. The fourth-order valence-corrected chi connectivity index (χ4v) is 5.57. The first kappa shape index (κ1) is 26.2. The van der Waals surface area contributed by atoms with Crippen LogP contribution in [0.25, 0.3) is 0 Å². The standard InChI is InChI=1S/C27H38N2O4S/c1-21(2)23-12-14-24(15-13-23)29(34(31,32)26-16-10-22(3)11-17-26)20-27(30)28-18-7-19-33-25-8-5-4-6-9-25/h10-17,21,25H,4-9,18-20H2,1-3H3,(H,28,30). The van der Waals surface area contributed by atoms with Gasteiger partial charge in [0.2, 0.25) is 5.91 Å². The van der Waals surface area contributed by atoms with Gasteiger partial charge >= 0.3 is 0 Å². The van der Waals surface area contributed by atoms with Crippen molar-refractivity contribution in [3.63, 3.8) is 0 Å². The van der Waals surface area contributed by atoms with Crippen molar-refractivity contribution in [1.82, 2.24) is 5.32 Å². The van der Waals surface area contributed by atoms with E-state index in [1.165, 1.54) is 23.6 Å². The molecule has 0 aliphatic heterocycles. The summed E-state index contributed by atoms with van der Waals surface area (Å²) < 4.78 is 34.1. The lowest BCUT2D eigenvalue weighted by molar-refractivity contribution is -0.119. The molecule has 0 atom stereocenters. The van der Waals surface area contributed by atoms with E-state index in [1.807, 2.05) is 19.1 Å². The van der Waals surface area contributed by atoms with Crippen LogP contribution in [0.1, 0.15) is 69.4 Å². The lowest BCUT2D eigenvalue weighted by Gasteiger charge is -2.25. The Kier molecular flexibility index (Phi) is 9.54. The number of aryl methyl sites for hydroxylation is 1. The topological polar surface area (TPSA) is 75.7 Å². The van der Waals surface area contributed by atoms with Crippen LogP contribution in [0.15, 0.2) is 53.4 Å². The Morgan fingerprint density at radius 1 is 1.03 bits per heavy atom. The summed E-state index contributed by atoms with van der Waals surface area (Å²) in [6.45, 7) is 6.86. The van der Waals surface area contributed by atoms with Gasteiger partial charge in [-0.2, -0.15) is 0 Å². The Morgan fingerprint density at radius 2 is 1.68 bits per heavy atom. The molecule has 0 spiro atoms. The van der Waals surface area contributed by atoms with E-state index < -0.39 is 10.0 Å². The van der Waals surface area contributed by atoms with Gasteiger partial charge in [-0.15, -0.1) is 0 Å². The largest absolute Gasteiger partial charge is 0.378 e. The van der Waals surface area contributed by atoms with Crippen LogP contribution >= 0.6 is 0 Å². The smallest absolute Gasteiger partial charge is 0.264 e. The number of carbonyl (C=O) groups is 1. The van der Waals surface area contributed by atoms with Crippen LogP contribution in [0, 0.1) is 6.92 Å². The molecule has 1 amide bonds. The summed E-state index contributed by atoms with van der Waals surface area (Å²) >= 11 is 0. The van der Waals surface area contributed by atoms with E-state index >= 15 is 0 Å². The minimum absolute atomic E-state index is 0.166. The highest BCUT2D eigenvalue weighted by Gasteiger charge is 2.27. The van der Waals surface area contributed by atoms with Gasteiger partial charge in [-0.1, -0.05) is 62.9 Å². The predicted molar refractivity (Wildman–Crippen MR) is 137 cm³/mol. The van der Waals surface area contributed by atoms with Gasteiger partial charge in [0.15, 0.2) is 0 Å². The Morgan fingerprint density at radius 3 is 2.29 bits per heavy atom. The van der Waals surface area contributed by atoms with E-state index in [1.54, 1.807) is 36.4 Å².